The van der Waals surface area contributed by atoms with E-state index in [0.717, 1.165) is 32.2 Å². The molecular weight excluding hydrogens is 340 g/mol. The molecule has 0 aromatic heterocycles. The number of thiol groups is 1. The maximum Gasteiger partial charge on any atom is 0.0949 e. The van der Waals surface area contributed by atoms with E-state index in [4.69, 9.17) is 17.4 Å². The second-order valence-electron chi connectivity index (χ2n) is 9.30. The molecule has 2 aliphatic rings. The molecule has 146 valence electrons. The summed E-state index contributed by atoms with van der Waals surface area (Å²) in [6.45, 7) is 13.7. The van der Waals surface area contributed by atoms with E-state index in [2.05, 4.69) is 56.0 Å². The number of nitrogens with zero attached hydrogens (tertiary/aromatic N) is 1. The van der Waals surface area contributed by atoms with Crippen LogP contribution in [0.25, 0.3) is 0 Å². The highest BCUT2D eigenvalue weighted by Gasteiger charge is 2.33. The van der Waals surface area contributed by atoms with Crippen LogP contribution in [-0.2, 0) is 4.74 Å². The average Bonchev–Trinajstić information content (AvgIpc) is 2.60. The van der Waals surface area contributed by atoms with Crippen LogP contribution in [0.4, 0.5) is 5.69 Å². The molecule has 0 unspecified atom stereocenters. The topological polar surface area (TPSA) is 16.9 Å². The van der Waals surface area contributed by atoms with E-state index >= 15 is 0 Å². The van der Waals surface area contributed by atoms with E-state index < -0.39 is 0 Å². The molecule has 1 saturated heterocycles. The standard InChI is InChI=1S/C22H36N2OS/c1-18-13-20(15-22(2,3)14-18)25-17-21(26)16-23-9-11-24(12-10-23)19-7-5-4-6-8-19/h4-8,18,20-21,26H,9-17H2,1-3H3/p+1/t18-,20-,21+/m0/s1. The van der Waals surface area contributed by atoms with Crippen molar-refractivity contribution in [3.8, 4) is 0 Å². The van der Waals surface area contributed by atoms with Crippen LogP contribution in [0, 0.1) is 11.3 Å². The molecule has 26 heavy (non-hydrogen) atoms. The summed E-state index contributed by atoms with van der Waals surface area (Å²) < 4.78 is 6.28. The van der Waals surface area contributed by atoms with Crippen molar-refractivity contribution in [3.63, 3.8) is 0 Å². The number of hydrogen-bond donors (Lipinski definition) is 2. The third kappa shape index (κ3) is 5.90. The lowest BCUT2D eigenvalue weighted by Crippen LogP contribution is -3.15. The Morgan fingerprint density at radius 3 is 2.54 bits per heavy atom. The summed E-state index contributed by atoms with van der Waals surface area (Å²) >= 11 is 4.84. The lowest BCUT2D eigenvalue weighted by Gasteiger charge is -2.39. The molecule has 1 heterocycles. The highest BCUT2D eigenvalue weighted by atomic mass is 32.1. The Balaban J connectivity index is 1.37. The summed E-state index contributed by atoms with van der Waals surface area (Å²) in [4.78, 5) is 4.16. The largest absolute Gasteiger partial charge is 0.377 e. The molecule has 1 N–H and O–H groups in total. The molecule has 3 rings (SSSR count). The molecule has 1 aliphatic heterocycles. The minimum atomic E-state index is 0.341. The lowest BCUT2D eigenvalue weighted by molar-refractivity contribution is -0.900. The lowest BCUT2D eigenvalue weighted by atomic mass is 9.71. The van der Waals surface area contributed by atoms with Crippen molar-refractivity contribution < 1.29 is 9.64 Å². The van der Waals surface area contributed by atoms with Gasteiger partial charge in [-0.15, -0.1) is 0 Å². The smallest absolute Gasteiger partial charge is 0.0949 e. The van der Waals surface area contributed by atoms with Crippen molar-refractivity contribution >= 4 is 18.3 Å². The molecule has 3 nitrogen and oxygen atoms in total. The van der Waals surface area contributed by atoms with Gasteiger partial charge in [0.1, 0.15) is 0 Å². The van der Waals surface area contributed by atoms with Crippen LogP contribution in [0.5, 0.6) is 0 Å². The quantitative estimate of drug-likeness (QED) is 0.742. The maximum absolute atomic E-state index is 6.28. The summed E-state index contributed by atoms with van der Waals surface area (Å²) in [5.41, 5.74) is 1.78. The van der Waals surface area contributed by atoms with Gasteiger partial charge in [0.15, 0.2) is 0 Å². The first-order chi connectivity index (χ1) is 12.4. The number of quaternary nitrogens is 1. The number of benzene rings is 1. The van der Waals surface area contributed by atoms with E-state index in [0.29, 0.717) is 16.8 Å². The van der Waals surface area contributed by atoms with Gasteiger partial charge in [-0.2, -0.15) is 12.6 Å². The van der Waals surface area contributed by atoms with Gasteiger partial charge in [-0.05, 0) is 42.7 Å². The minimum absolute atomic E-state index is 0.341. The minimum Gasteiger partial charge on any atom is -0.377 e. The fourth-order valence-electron chi connectivity index (χ4n) is 4.95. The molecular formula is C22H37N2OS+. The summed E-state index contributed by atoms with van der Waals surface area (Å²) in [6, 6.07) is 10.8. The molecule has 0 spiro atoms. The van der Waals surface area contributed by atoms with Crippen molar-refractivity contribution in [2.24, 2.45) is 11.3 Å². The normalized spacial score (nSPS) is 28.1. The van der Waals surface area contributed by atoms with E-state index in [1.807, 2.05) is 0 Å². The molecule has 4 heteroatoms. The zero-order valence-electron chi connectivity index (χ0n) is 16.8. The molecule has 2 fully saturated rings. The van der Waals surface area contributed by atoms with Gasteiger partial charge in [0, 0.05) is 5.69 Å². The first-order valence-corrected chi connectivity index (χ1v) is 10.9. The molecule has 0 radical (unpaired) electrons. The van der Waals surface area contributed by atoms with E-state index in [1.54, 1.807) is 4.90 Å². The van der Waals surface area contributed by atoms with Crippen molar-refractivity contribution in [3.05, 3.63) is 30.3 Å². The molecule has 0 bridgehead atoms. The van der Waals surface area contributed by atoms with Crippen LogP contribution in [0.3, 0.4) is 0 Å². The number of para-hydroxylation sites is 1. The van der Waals surface area contributed by atoms with Crippen LogP contribution >= 0.6 is 12.6 Å². The Morgan fingerprint density at radius 1 is 1.19 bits per heavy atom. The van der Waals surface area contributed by atoms with Crippen LogP contribution in [-0.4, -0.2) is 50.7 Å². The summed E-state index contributed by atoms with van der Waals surface area (Å²) in [7, 11) is 0. The van der Waals surface area contributed by atoms with Crippen LogP contribution in [0.2, 0.25) is 0 Å². The Labute approximate surface area is 165 Å². The predicted molar refractivity (Wildman–Crippen MR) is 114 cm³/mol. The summed E-state index contributed by atoms with van der Waals surface area (Å²) in [6.07, 6.45) is 4.16. The van der Waals surface area contributed by atoms with E-state index in [1.165, 1.54) is 38.0 Å². The van der Waals surface area contributed by atoms with Gasteiger partial charge in [0.25, 0.3) is 0 Å². The zero-order valence-corrected chi connectivity index (χ0v) is 17.7. The molecule has 1 aromatic carbocycles. The molecule has 1 aromatic rings. The number of ether oxygens (including phenoxy) is 1. The molecule has 1 aliphatic carbocycles. The van der Waals surface area contributed by atoms with Gasteiger partial charge in [0.2, 0.25) is 0 Å². The van der Waals surface area contributed by atoms with E-state index in [-0.39, 0.29) is 0 Å². The van der Waals surface area contributed by atoms with Gasteiger partial charge in [-0.25, -0.2) is 0 Å². The van der Waals surface area contributed by atoms with Crippen LogP contribution in [0.1, 0.15) is 40.0 Å². The van der Waals surface area contributed by atoms with Crippen molar-refractivity contribution in [1.82, 2.24) is 0 Å². The third-order valence-electron chi connectivity index (χ3n) is 5.99. The van der Waals surface area contributed by atoms with Crippen LogP contribution in [0.15, 0.2) is 30.3 Å². The maximum atomic E-state index is 6.28. The van der Waals surface area contributed by atoms with E-state index in [9.17, 15) is 0 Å². The Morgan fingerprint density at radius 2 is 1.88 bits per heavy atom. The number of rotatable bonds is 6. The Hall–Kier alpha value is -0.710. The second kappa shape index (κ2) is 8.99. The zero-order chi connectivity index (χ0) is 18.6. The Bertz CT molecular complexity index is 542. The van der Waals surface area contributed by atoms with Gasteiger partial charge in [-0.1, -0.05) is 39.0 Å². The van der Waals surface area contributed by atoms with Gasteiger partial charge in [-0.3, -0.25) is 0 Å². The summed E-state index contributed by atoms with van der Waals surface area (Å²) in [5.74, 6) is 0.777. The third-order valence-corrected chi connectivity index (χ3v) is 6.32. The molecule has 1 saturated carbocycles. The van der Waals surface area contributed by atoms with Gasteiger partial charge >= 0.3 is 0 Å². The van der Waals surface area contributed by atoms with Crippen molar-refractivity contribution in [1.29, 1.82) is 0 Å². The number of nitrogens with one attached hydrogen (secondary N) is 1. The first-order valence-electron chi connectivity index (χ1n) is 10.3. The van der Waals surface area contributed by atoms with Gasteiger partial charge < -0.3 is 14.5 Å². The number of anilines is 1. The van der Waals surface area contributed by atoms with Crippen molar-refractivity contribution in [2.45, 2.75) is 51.4 Å². The van der Waals surface area contributed by atoms with Crippen LogP contribution < -0.4 is 9.80 Å². The molecule has 0 amide bonds. The second-order valence-corrected chi connectivity index (χ2v) is 10.0. The highest BCUT2D eigenvalue weighted by Crippen LogP contribution is 2.39. The Kier molecular flexibility index (Phi) is 6.92. The van der Waals surface area contributed by atoms with Gasteiger partial charge in [0.05, 0.1) is 50.7 Å². The molecule has 3 atom stereocenters. The number of piperazine rings is 1. The number of hydrogen-bond acceptors (Lipinski definition) is 3. The fraction of sp³-hybridized carbons (Fsp3) is 0.727. The first kappa shape index (κ1) is 20.0. The predicted octanol–water partition coefficient (Wildman–Crippen LogP) is 2.92. The average molecular weight is 378 g/mol. The summed E-state index contributed by atoms with van der Waals surface area (Å²) in [5, 5.41) is 0.341. The van der Waals surface area contributed by atoms with Crippen molar-refractivity contribution in [2.75, 3.05) is 44.2 Å². The highest BCUT2D eigenvalue weighted by molar-refractivity contribution is 7.81. The SMILES string of the molecule is C[C@H]1C[C@H](OC[C@H](S)C[NH+]2CCN(c3ccccc3)CC2)CC(C)(C)C1. The monoisotopic (exact) mass is 377 g/mol. The fourth-order valence-corrected chi connectivity index (χ4v) is 5.29.